The van der Waals surface area contributed by atoms with Gasteiger partial charge in [0.05, 0.1) is 14.9 Å². The Bertz CT molecular complexity index is 1230. The summed E-state index contributed by atoms with van der Waals surface area (Å²) in [5.74, 6) is -1.58. The maximum Gasteiger partial charge on any atom is 0.335 e. The number of halogens is 1. The number of hydrogen-bond donors (Lipinski definition) is 4. The van der Waals surface area contributed by atoms with Gasteiger partial charge in [0.1, 0.15) is 17.2 Å². The van der Waals surface area contributed by atoms with E-state index in [-0.39, 0.29) is 37.7 Å². The van der Waals surface area contributed by atoms with Crippen LogP contribution in [0, 0.1) is 0 Å². The van der Waals surface area contributed by atoms with E-state index in [2.05, 4.69) is 25.9 Å². The van der Waals surface area contributed by atoms with Gasteiger partial charge in [-0.25, -0.2) is 4.79 Å². The van der Waals surface area contributed by atoms with Crippen LogP contribution in [0.25, 0.3) is 0 Å². The Balaban J connectivity index is 2.06. The molecule has 4 N–H and O–H groups in total. The summed E-state index contributed by atoms with van der Waals surface area (Å²) in [5.41, 5.74) is 0.582. The number of rotatable bonds is 6. The van der Waals surface area contributed by atoms with Crippen LogP contribution in [0.1, 0.15) is 21.5 Å². The van der Waals surface area contributed by atoms with Gasteiger partial charge >= 0.3 is 5.97 Å². The predicted octanol–water partition coefficient (Wildman–Crippen LogP) is 3.29. The number of carboxylic acids is 1. The van der Waals surface area contributed by atoms with Crippen LogP contribution in [0.3, 0.4) is 0 Å². The van der Waals surface area contributed by atoms with Gasteiger partial charge in [-0.2, -0.15) is 18.4 Å². The number of phenols is 2. The van der Waals surface area contributed by atoms with Gasteiger partial charge in [0.2, 0.25) is 0 Å². The van der Waals surface area contributed by atoms with E-state index in [0.29, 0.717) is 5.56 Å². The molecular weight excluding hydrogens is 476 g/mol. The number of carboxylic acid groups (broad SMARTS) is 1. The monoisotopic (exact) mass is 490 g/mol. The Morgan fingerprint density at radius 1 is 0.933 bits per heavy atom. The van der Waals surface area contributed by atoms with Gasteiger partial charge in [-0.1, -0.05) is 30.3 Å². The first-order chi connectivity index (χ1) is 14.2. The molecular formula is C20H15BrN2O6S. The zero-order valence-corrected chi connectivity index (χ0v) is 17.6. The normalized spacial score (nSPS) is 11.8. The molecule has 8 nitrogen and oxygen atoms in total. The van der Waals surface area contributed by atoms with Crippen LogP contribution < -0.4 is 4.83 Å². The van der Waals surface area contributed by atoms with Crippen LogP contribution in [-0.2, 0) is 10.0 Å². The summed E-state index contributed by atoms with van der Waals surface area (Å²) in [6, 6.07) is 15.6. The summed E-state index contributed by atoms with van der Waals surface area (Å²) < 4.78 is 25.4. The average Bonchev–Trinajstić information content (AvgIpc) is 2.72. The Hall–Kier alpha value is -3.37. The SMILES string of the molecule is O=C(O)c1ccc(S(=O)(=O)N/N=C(/c2ccccc2)c2cc(O)cc(Br)c2O)cc1. The summed E-state index contributed by atoms with van der Waals surface area (Å²) in [4.78, 5) is 12.8. The lowest BCUT2D eigenvalue weighted by molar-refractivity contribution is 0.0696. The third kappa shape index (κ3) is 4.61. The molecule has 0 bridgehead atoms. The fourth-order valence-corrected chi connectivity index (χ4v) is 3.84. The highest BCUT2D eigenvalue weighted by Crippen LogP contribution is 2.33. The minimum Gasteiger partial charge on any atom is -0.508 e. The lowest BCUT2D eigenvalue weighted by atomic mass is 10.0. The Morgan fingerprint density at radius 2 is 1.57 bits per heavy atom. The number of sulfonamides is 1. The van der Waals surface area contributed by atoms with Crippen molar-refractivity contribution in [3.8, 4) is 11.5 Å². The maximum atomic E-state index is 12.6. The number of hydrazone groups is 1. The van der Waals surface area contributed by atoms with Gasteiger partial charge < -0.3 is 15.3 Å². The largest absolute Gasteiger partial charge is 0.508 e. The second-order valence-corrected chi connectivity index (χ2v) is 8.59. The molecule has 154 valence electrons. The predicted molar refractivity (Wildman–Crippen MR) is 113 cm³/mol. The number of benzene rings is 3. The smallest absolute Gasteiger partial charge is 0.335 e. The van der Waals surface area contributed by atoms with Crippen molar-refractivity contribution in [2.24, 2.45) is 5.10 Å². The lowest BCUT2D eigenvalue weighted by Crippen LogP contribution is -2.21. The standard InChI is InChI=1S/C20H15BrN2O6S/c21-17-11-14(24)10-16(19(17)25)18(12-4-2-1-3-5-12)22-23-30(28,29)15-8-6-13(7-9-15)20(26)27/h1-11,23-25H,(H,26,27)/b22-18-. The van der Waals surface area contributed by atoms with E-state index in [9.17, 15) is 23.4 Å². The second-order valence-electron chi connectivity index (χ2n) is 6.07. The molecule has 3 rings (SSSR count). The molecule has 3 aromatic rings. The third-order valence-corrected chi connectivity index (χ3v) is 5.87. The summed E-state index contributed by atoms with van der Waals surface area (Å²) in [7, 11) is -4.13. The molecule has 0 spiro atoms. The van der Waals surface area contributed by atoms with Crippen molar-refractivity contribution < 1.29 is 28.5 Å². The molecule has 30 heavy (non-hydrogen) atoms. The van der Waals surface area contributed by atoms with E-state index in [4.69, 9.17) is 5.11 Å². The highest BCUT2D eigenvalue weighted by atomic mass is 79.9. The molecule has 0 aliphatic carbocycles. The number of phenolic OH excluding ortho intramolecular Hbond substituents is 2. The summed E-state index contributed by atoms with van der Waals surface area (Å²) >= 11 is 3.13. The minimum atomic E-state index is -4.13. The number of aromatic carboxylic acids is 1. The van der Waals surface area contributed by atoms with Crippen molar-refractivity contribution in [2.45, 2.75) is 4.90 Å². The van der Waals surface area contributed by atoms with Crippen molar-refractivity contribution >= 4 is 37.6 Å². The van der Waals surface area contributed by atoms with Crippen molar-refractivity contribution in [1.82, 2.24) is 4.83 Å². The fraction of sp³-hybridized carbons (Fsp3) is 0. The van der Waals surface area contributed by atoms with E-state index >= 15 is 0 Å². The quantitative estimate of drug-likeness (QED) is 0.237. The first-order valence-electron chi connectivity index (χ1n) is 8.39. The van der Waals surface area contributed by atoms with Gasteiger partial charge in [0.15, 0.2) is 0 Å². The van der Waals surface area contributed by atoms with Crippen LogP contribution in [0.15, 0.2) is 81.2 Å². The topological polar surface area (TPSA) is 136 Å². The Labute approximate surface area is 180 Å². The summed E-state index contributed by atoms with van der Waals surface area (Å²) in [6.07, 6.45) is 0. The molecule has 0 amide bonds. The van der Waals surface area contributed by atoms with Crippen molar-refractivity contribution in [3.05, 3.63) is 87.9 Å². The molecule has 0 fully saturated rings. The Morgan fingerprint density at radius 3 is 2.17 bits per heavy atom. The third-order valence-electron chi connectivity index (χ3n) is 4.04. The highest BCUT2D eigenvalue weighted by molar-refractivity contribution is 9.10. The van der Waals surface area contributed by atoms with Crippen LogP contribution >= 0.6 is 15.9 Å². The molecule has 3 aromatic carbocycles. The van der Waals surface area contributed by atoms with Crippen LogP contribution in [0.5, 0.6) is 11.5 Å². The van der Waals surface area contributed by atoms with Crippen LogP contribution in [0.2, 0.25) is 0 Å². The van der Waals surface area contributed by atoms with Crippen LogP contribution in [-0.4, -0.2) is 35.4 Å². The number of nitrogens with zero attached hydrogens (tertiary/aromatic N) is 1. The fourth-order valence-electron chi connectivity index (χ4n) is 2.58. The van der Waals surface area contributed by atoms with E-state index in [1.807, 2.05) is 0 Å². The highest BCUT2D eigenvalue weighted by Gasteiger charge is 2.19. The number of hydrogen-bond acceptors (Lipinski definition) is 6. The molecule has 0 aliphatic heterocycles. The molecule has 0 aromatic heterocycles. The van der Waals surface area contributed by atoms with Gasteiger partial charge in [0.25, 0.3) is 10.0 Å². The number of carbonyl (C=O) groups is 1. The molecule has 0 saturated heterocycles. The molecule has 0 unspecified atom stereocenters. The van der Waals surface area contributed by atoms with E-state index in [0.717, 1.165) is 24.3 Å². The van der Waals surface area contributed by atoms with Crippen molar-refractivity contribution in [2.75, 3.05) is 0 Å². The van der Waals surface area contributed by atoms with Crippen molar-refractivity contribution in [1.29, 1.82) is 0 Å². The van der Waals surface area contributed by atoms with E-state index in [1.165, 1.54) is 12.1 Å². The van der Waals surface area contributed by atoms with E-state index < -0.39 is 16.0 Å². The van der Waals surface area contributed by atoms with Gasteiger partial charge in [-0.3, -0.25) is 0 Å². The van der Waals surface area contributed by atoms with Gasteiger partial charge in [-0.05, 0) is 52.3 Å². The molecule has 0 aliphatic rings. The minimum absolute atomic E-state index is 0.0584. The zero-order valence-electron chi connectivity index (χ0n) is 15.2. The average molecular weight is 491 g/mol. The first kappa shape index (κ1) is 21.3. The van der Waals surface area contributed by atoms with Gasteiger partial charge in [0, 0.05) is 11.1 Å². The number of nitrogens with one attached hydrogen (secondary N) is 1. The molecule has 0 saturated carbocycles. The molecule has 10 heteroatoms. The van der Waals surface area contributed by atoms with Crippen molar-refractivity contribution in [3.63, 3.8) is 0 Å². The molecule has 0 heterocycles. The summed E-state index contributed by atoms with van der Waals surface area (Å²) in [5, 5.41) is 33.2. The number of aromatic hydroxyl groups is 2. The van der Waals surface area contributed by atoms with Gasteiger partial charge in [-0.15, -0.1) is 0 Å². The summed E-state index contributed by atoms with van der Waals surface area (Å²) in [6.45, 7) is 0. The van der Waals surface area contributed by atoms with E-state index in [1.54, 1.807) is 30.3 Å². The Kier molecular flexibility index (Phi) is 6.09. The second kappa shape index (κ2) is 8.56. The lowest BCUT2D eigenvalue weighted by Gasteiger charge is -2.12. The zero-order chi connectivity index (χ0) is 21.9. The maximum absolute atomic E-state index is 12.6. The van der Waals surface area contributed by atoms with Crippen LogP contribution in [0.4, 0.5) is 0 Å². The molecule has 0 atom stereocenters. The molecule has 0 radical (unpaired) electrons. The first-order valence-corrected chi connectivity index (χ1v) is 10.7.